The topological polar surface area (TPSA) is 70.8 Å². The van der Waals surface area contributed by atoms with Crippen molar-refractivity contribution in [2.24, 2.45) is 4.99 Å². The zero-order chi connectivity index (χ0) is 20.2. The number of allylic oxidation sites excluding steroid dienone is 2. The molecule has 2 aromatic heterocycles. The number of fused-ring (bicyclic) bond motifs is 1. The van der Waals surface area contributed by atoms with E-state index in [4.69, 9.17) is 0 Å². The van der Waals surface area contributed by atoms with Gasteiger partial charge in [0.2, 0.25) is 0 Å². The monoisotopic (exact) mass is 385 g/mol. The lowest BCUT2D eigenvalue weighted by molar-refractivity contribution is 0.251. The molecular formula is C23H23N5O. The molecule has 0 aliphatic heterocycles. The van der Waals surface area contributed by atoms with E-state index in [1.54, 1.807) is 18.4 Å². The van der Waals surface area contributed by atoms with Crippen molar-refractivity contribution in [3.8, 4) is 11.3 Å². The molecule has 29 heavy (non-hydrogen) atoms. The van der Waals surface area contributed by atoms with Gasteiger partial charge >= 0.3 is 6.03 Å². The van der Waals surface area contributed by atoms with Gasteiger partial charge < -0.3 is 10.6 Å². The van der Waals surface area contributed by atoms with E-state index < -0.39 is 0 Å². The summed E-state index contributed by atoms with van der Waals surface area (Å²) in [5.41, 5.74) is 5.44. The Balaban J connectivity index is 1.58. The van der Waals surface area contributed by atoms with Gasteiger partial charge in [0, 0.05) is 41.0 Å². The normalized spacial score (nSPS) is 14.3. The van der Waals surface area contributed by atoms with Crippen LogP contribution in [0.1, 0.15) is 25.3 Å². The first-order chi connectivity index (χ1) is 14.1. The first kappa shape index (κ1) is 18.7. The molecule has 1 saturated carbocycles. The molecule has 2 amide bonds. The van der Waals surface area contributed by atoms with E-state index in [2.05, 4.69) is 27.2 Å². The fourth-order valence-electron chi connectivity index (χ4n) is 3.05. The van der Waals surface area contributed by atoms with E-state index in [0.29, 0.717) is 6.04 Å². The highest BCUT2D eigenvalue weighted by molar-refractivity contribution is 5.99. The van der Waals surface area contributed by atoms with Gasteiger partial charge in [-0.3, -0.25) is 9.39 Å². The lowest BCUT2D eigenvalue weighted by Gasteiger charge is -2.09. The van der Waals surface area contributed by atoms with Gasteiger partial charge in [-0.25, -0.2) is 9.78 Å². The number of anilines is 1. The maximum atomic E-state index is 12.0. The Morgan fingerprint density at radius 3 is 2.97 bits per heavy atom. The smallest absolute Gasteiger partial charge is 0.319 e. The quantitative estimate of drug-likeness (QED) is 0.473. The summed E-state index contributed by atoms with van der Waals surface area (Å²) in [4.78, 5) is 21.0. The summed E-state index contributed by atoms with van der Waals surface area (Å²) in [6.45, 7) is 5.61. The van der Waals surface area contributed by atoms with Crippen molar-refractivity contribution >= 4 is 23.1 Å². The molecule has 2 N–H and O–H groups in total. The molecule has 6 nitrogen and oxygen atoms in total. The summed E-state index contributed by atoms with van der Waals surface area (Å²) in [5, 5.41) is 5.84. The number of pyridine rings is 1. The van der Waals surface area contributed by atoms with Gasteiger partial charge in [0.15, 0.2) is 0 Å². The van der Waals surface area contributed by atoms with E-state index >= 15 is 0 Å². The number of carbonyl (C=O) groups excluding carboxylic acids is 1. The summed E-state index contributed by atoms with van der Waals surface area (Å²) < 4.78 is 2.03. The minimum atomic E-state index is -0.160. The Kier molecular flexibility index (Phi) is 5.24. The Labute approximate surface area is 169 Å². The van der Waals surface area contributed by atoms with Gasteiger partial charge in [0.1, 0.15) is 5.65 Å². The number of urea groups is 1. The first-order valence-corrected chi connectivity index (χ1v) is 9.61. The Morgan fingerprint density at radius 1 is 1.31 bits per heavy atom. The number of hydrogen-bond donors (Lipinski definition) is 2. The maximum Gasteiger partial charge on any atom is 0.319 e. The number of rotatable bonds is 6. The molecule has 0 bridgehead atoms. The van der Waals surface area contributed by atoms with E-state index in [0.717, 1.165) is 46.7 Å². The van der Waals surface area contributed by atoms with E-state index in [1.807, 2.05) is 60.1 Å². The number of aliphatic imine (C=N–C) groups is 1. The van der Waals surface area contributed by atoms with Gasteiger partial charge in [-0.05, 0) is 50.1 Å². The minimum Gasteiger partial charge on any atom is -0.335 e. The highest BCUT2D eigenvalue weighted by Crippen LogP contribution is 2.25. The van der Waals surface area contributed by atoms with Gasteiger partial charge in [-0.1, -0.05) is 24.8 Å². The molecular weight excluding hydrogens is 362 g/mol. The summed E-state index contributed by atoms with van der Waals surface area (Å²) in [5.74, 6) is 0. The van der Waals surface area contributed by atoms with Crippen LogP contribution in [-0.4, -0.2) is 27.2 Å². The fourth-order valence-corrected chi connectivity index (χ4v) is 3.05. The van der Waals surface area contributed by atoms with E-state index in [9.17, 15) is 4.79 Å². The van der Waals surface area contributed by atoms with Crippen LogP contribution in [0.25, 0.3) is 16.9 Å². The van der Waals surface area contributed by atoms with Crippen molar-refractivity contribution in [1.29, 1.82) is 0 Å². The molecule has 1 aromatic carbocycles. The fraction of sp³-hybridized carbons (Fsp3) is 0.174. The number of hydrogen-bond acceptors (Lipinski definition) is 3. The van der Waals surface area contributed by atoms with E-state index in [1.165, 1.54) is 0 Å². The number of imidazole rings is 1. The summed E-state index contributed by atoms with van der Waals surface area (Å²) in [6, 6.07) is 12.0. The van der Waals surface area contributed by atoms with Crippen LogP contribution < -0.4 is 10.6 Å². The second-order valence-corrected chi connectivity index (χ2v) is 7.03. The van der Waals surface area contributed by atoms with Crippen LogP contribution in [0.3, 0.4) is 0 Å². The van der Waals surface area contributed by atoms with Crippen molar-refractivity contribution in [2.75, 3.05) is 5.32 Å². The summed E-state index contributed by atoms with van der Waals surface area (Å²) in [7, 11) is 0. The average molecular weight is 385 g/mol. The summed E-state index contributed by atoms with van der Waals surface area (Å²) >= 11 is 0. The maximum absolute atomic E-state index is 12.0. The van der Waals surface area contributed by atoms with Crippen LogP contribution >= 0.6 is 0 Å². The van der Waals surface area contributed by atoms with Crippen LogP contribution in [0.15, 0.2) is 78.7 Å². The highest BCUT2D eigenvalue weighted by atomic mass is 16.2. The zero-order valence-electron chi connectivity index (χ0n) is 16.3. The molecule has 1 aliphatic carbocycles. The van der Waals surface area contributed by atoms with Crippen molar-refractivity contribution in [2.45, 2.75) is 25.8 Å². The number of aromatic nitrogens is 2. The minimum absolute atomic E-state index is 0.160. The molecule has 1 fully saturated rings. The SMILES string of the molecule is C=C/C=C\N=C(C)c1ccn2c(-c3cccc(NC(=O)NC4CC4)c3)cnc2c1. The zero-order valence-corrected chi connectivity index (χ0v) is 16.3. The molecule has 0 unspecified atom stereocenters. The Morgan fingerprint density at radius 2 is 2.17 bits per heavy atom. The number of nitrogens with zero attached hydrogens (tertiary/aromatic N) is 3. The molecule has 6 heteroatoms. The molecule has 0 spiro atoms. The molecule has 2 heterocycles. The van der Waals surface area contributed by atoms with Crippen LogP contribution in [0.2, 0.25) is 0 Å². The third-order valence-corrected chi connectivity index (χ3v) is 4.75. The lowest BCUT2D eigenvalue weighted by Crippen LogP contribution is -2.30. The largest absolute Gasteiger partial charge is 0.335 e. The van der Waals surface area contributed by atoms with Gasteiger partial charge in [-0.15, -0.1) is 0 Å². The molecule has 0 atom stereocenters. The average Bonchev–Trinajstić information content (AvgIpc) is 3.42. The van der Waals surface area contributed by atoms with Crippen molar-refractivity contribution < 1.29 is 4.79 Å². The van der Waals surface area contributed by atoms with Gasteiger partial charge in [0.25, 0.3) is 0 Å². The number of carbonyl (C=O) groups is 1. The molecule has 3 aromatic rings. The van der Waals surface area contributed by atoms with Crippen LogP contribution in [0, 0.1) is 0 Å². The molecule has 146 valence electrons. The third kappa shape index (κ3) is 4.43. The Hall–Kier alpha value is -3.67. The number of nitrogens with one attached hydrogen (secondary N) is 2. The standard InChI is InChI=1S/C23H23N5O/c1-3-4-11-24-16(2)17-10-12-28-21(15-25-22(28)14-17)18-6-5-7-20(13-18)27-23(29)26-19-8-9-19/h3-7,10-15,19H,1,8-9H2,2H3,(H2,26,27,29)/b11-4-,24-16?. The van der Waals surface area contributed by atoms with Gasteiger partial charge in [-0.2, -0.15) is 0 Å². The molecule has 0 saturated heterocycles. The molecule has 1 aliphatic rings. The van der Waals surface area contributed by atoms with E-state index in [-0.39, 0.29) is 6.03 Å². The number of benzene rings is 1. The van der Waals surface area contributed by atoms with Crippen LogP contribution in [0.5, 0.6) is 0 Å². The number of amides is 2. The Bertz CT molecular complexity index is 1120. The van der Waals surface area contributed by atoms with Crippen molar-refractivity contribution in [3.05, 3.63) is 79.3 Å². The van der Waals surface area contributed by atoms with Crippen molar-refractivity contribution in [1.82, 2.24) is 14.7 Å². The van der Waals surface area contributed by atoms with Crippen molar-refractivity contribution in [3.63, 3.8) is 0 Å². The third-order valence-electron chi connectivity index (χ3n) is 4.75. The first-order valence-electron chi connectivity index (χ1n) is 9.61. The van der Waals surface area contributed by atoms with Gasteiger partial charge in [0.05, 0.1) is 11.9 Å². The molecule has 4 rings (SSSR count). The second kappa shape index (κ2) is 8.14. The predicted octanol–water partition coefficient (Wildman–Crippen LogP) is 4.79. The lowest BCUT2D eigenvalue weighted by atomic mass is 10.1. The van der Waals surface area contributed by atoms with Crippen LogP contribution in [-0.2, 0) is 0 Å². The highest BCUT2D eigenvalue weighted by Gasteiger charge is 2.23. The second-order valence-electron chi connectivity index (χ2n) is 7.03. The summed E-state index contributed by atoms with van der Waals surface area (Å²) in [6.07, 6.45) is 11.2. The molecule has 0 radical (unpaired) electrons. The predicted molar refractivity (Wildman–Crippen MR) is 117 cm³/mol. The van der Waals surface area contributed by atoms with Crippen LogP contribution in [0.4, 0.5) is 10.5 Å².